The van der Waals surface area contributed by atoms with Gasteiger partial charge in [0, 0.05) is 24.4 Å². The number of rotatable bonds is 7. The molecule has 0 spiro atoms. The van der Waals surface area contributed by atoms with Crippen LogP contribution in [0.4, 0.5) is 4.79 Å². The molecule has 7 heteroatoms. The van der Waals surface area contributed by atoms with Crippen molar-refractivity contribution in [2.75, 3.05) is 13.2 Å². The standard InChI is InChI=1S/C28H32N2O5/c1-2-12-28(26(32)33)13-7-14-30(28)25(31)18-15-19(16-18)29-27(34)35-17-24-22-10-5-3-8-20(22)21-9-4-6-11-23(21)24/h3-6,8-11,18-19,24H,2,7,12-17H2,1H3,(H,29,34)(H,32,33). The number of aliphatic carboxylic acids is 1. The van der Waals surface area contributed by atoms with Crippen molar-refractivity contribution in [3.63, 3.8) is 0 Å². The van der Waals surface area contributed by atoms with Crippen LogP contribution in [0.2, 0.25) is 0 Å². The Labute approximate surface area is 205 Å². The molecule has 2 amide bonds. The summed E-state index contributed by atoms with van der Waals surface area (Å²) in [6.45, 7) is 2.69. The molecule has 5 rings (SSSR count). The average Bonchev–Trinajstić information content (AvgIpc) is 3.40. The Kier molecular flexibility index (Phi) is 6.26. The van der Waals surface area contributed by atoms with Gasteiger partial charge in [-0.15, -0.1) is 0 Å². The van der Waals surface area contributed by atoms with Crippen LogP contribution in [0.15, 0.2) is 48.5 Å². The molecule has 35 heavy (non-hydrogen) atoms. The molecule has 7 nitrogen and oxygen atoms in total. The largest absolute Gasteiger partial charge is 0.479 e. The summed E-state index contributed by atoms with van der Waals surface area (Å²) in [4.78, 5) is 39.3. The quantitative estimate of drug-likeness (QED) is 0.611. The van der Waals surface area contributed by atoms with E-state index < -0.39 is 17.6 Å². The van der Waals surface area contributed by atoms with Gasteiger partial charge in [0.15, 0.2) is 0 Å². The van der Waals surface area contributed by atoms with E-state index in [4.69, 9.17) is 4.74 Å². The first kappa shape index (κ1) is 23.4. The molecule has 2 aromatic rings. The minimum Gasteiger partial charge on any atom is -0.479 e. The molecule has 2 aliphatic carbocycles. The highest BCUT2D eigenvalue weighted by Crippen LogP contribution is 2.44. The number of alkyl carbamates (subject to hydrolysis) is 1. The molecule has 184 valence electrons. The Bertz CT molecular complexity index is 1100. The van der Waals surface area contributed by atoms with Gasteiger partial charge in [-0.25, -0.2) is 9.59 Å². The highest BCUT2D eigenvalue weighted by atomic mass is 16.5. The second kappa shape index (κ2) is 9.36. The van der Waals surface area contributed by atoms with E-state index in [1.54, 1.807) is 4.90 Å². The Morgan fingerprint density at radius 3 is 2.29 bits per heavy atom. The second-order valence-electron chi connectivity index (χ2n) is 10.0. The number of nitrogens with zero attached hydrogens (tertiary/aromatic N) is 1. The van der Waals surface area contributed by atoms with E-state index >= 15 is 0 Å². The van der Waals surface area contributed by atoms with Crippen molar-refractivity contribution in [1.29, 1.82) is 0 Å². The van der Waals surface area contributed by atoms with Crippen LogP contribution >= 0.6 is 0 Å². The smallest absolute Gasteiger partial charge is 0.407 e. The Morgan fingerprint density at radius 2 is 1.69 bits per heavy atom. The molecular formula is C28H32N2O5. The van der Waals surface area contributed by atoms with Crippen LogP contribution in [0.5, 0.6) is 0 Å². The lowest BCUT2D eigenvalue weighted by Gasteiger charge is -2.41. The van der Waals surface area contributed by atoms with Crippen molar-refractivity contribution in [2.45, 2.75) is 62.9 Å². The highest BCUT2D eigenvalue weighted by molar-refractivity contribution is 5.89. The normalized spacial score (nSPS) is 24.9. The molecule has 0 bridgehead atoms. The maximum atomic E-state index is 13.1. The number of amides is 2. The fourth-order valence-electron chi connectivity index (χ4n) is 6.17. The third-order valence-electron chi connectivity index (χ3n) is 7.97. The predicted molar refractivity (Wildman–Crippen MR) is 131 cm³/mol. The number of hydrogen-bond acceptors (Lipinski definition) is 4. The monoisotopic (exact) mass is 476 g/mol. The Balaban J connectivity index is 1.14. The SMILES string of the molecule is CCCC1(C(=O)O)CCCN1C(=O)C1CC(NC(=O)OCC2c3ccccc3-c3ccccc32)C1. The number of nitrogens with one attached hydrogen (secondary N) is 1. The fourth-order valence-corrected chi connectivity index (χ4v) is 6.17. The van der Waals surface area contributed by atoms with Crippen LogP contribution in [0.3, 0.4) is 0 Å². The lowest BCUT2D eigenvalue weighted by molar-refractivity contribution is -0.160. The zero-order valence-electron chi connectivity index (χ0n) is 20.0. The van der Waals surface area contributed by atoms with Crippen molar-refractivity contribution < 1.29 is 24.2 Å². The molecule has 0 aromatic heterocycles. The number of carboxylic acids is 1. The summed E-state index contributed by atoms with van der Waals surface area (Å²) >= 11 is 0. The number of fused-ring (bicyclic) bond motifs is 3. The number of benzene rings is 2. The van der Waals surface area contributed by atoms with Crippen molar-refractivity contribution in [1.82, 2.24) is 10.2 Å². The molecule has 2 aromatic carbocycles. The second-order valence-corrected chi connectivity index (χ2v) is 10.0. The number of hydrogen-bond donors (Lipinski definition) is 2. The maximum Gasteiger partial charge on any atom is 0.407 e. The Morgan fingerprint density at radius 1 is 1.06 bits per heavy atom. The summed E-state index contributed by atoms with van der Waals surface area (Å²) in [5.74, 6) is -1.24. The van der Waals surface area contributed by atoms with Gasteiger partial charge in [-0.1, -0.05) is 61.9 Å². The highest BCUT2D eigenvalue weighted by Gasteiger charge is 2.51. The molecule has 1 heterocycles. The number of ether oxygens (including phenoxy) is 1. The van der Waals surface area contributed by atoms with Gasteiger partial charge >= 0.3 is 12.1 Å². The molecule has 2 fully saturated rings. The lowest BCUT2D eigenvalue weighted by atomic mass is 9.78. The van der Waals surface area contributed by atoms with Crippen LogP contribution in [0, 0.1) is 5.92 Å². The summed E-state index contributed by atoms with van der Waals surface area (Å²) in [5, 5.41) is 12.7. The first-order valence-electron chi connectivity index (χ1n) is 12.6. The van der Waals surface area contributed by atoms with E-state index in [1.807, 2.05) is 31.2 Å². The van der Waals surface area contributed by atoms with Crippen LogP contribution in [0.1, 0.15) is 62.5 Å². The van der Waals surface area contributed by atoms with Gasteiger partial charge in [-0.05, 0) is 54.4 Å². The molecule has 1 saturated heterocycles. The minimum atomic E-state index is -1.07. The molecule has 3 aliphatic rings. The molecule has 1 unspecified atom stereocenters. The summed E-state index contributed by atoms with van der Waals surface area (Å²) in [6, 6.07) is 16.3. The third kappa shape index (κ3) is 4.07. The summed E-state index contributed by atoms with van der Waals surface area (Å²) in [7, 11) is 0. The van der Waals surface area contributed by atoms with Crippen molar-refractivity contribution in [3.8, 4) is 11.1 Å². The van der Waals surface area contributed by atoms with E-state index in [9.17, 15) is 19.5 Å². The average molecular weight is 477 g/mol. The summed E-state index contributed by atoms with van der Waals surface area (Å²) in [5.41, 5.74) is 3.61. The van der Waals surface area contributed by atoms with Gasteiger partial charge in [-0.2, -0.15) is 0 Å². The molecule has 1 atom stereocenters. The first-order valence-corrected chi connectivity index (χ1v) is 12.6. The number of carboxylic acid groups (broad SMARTS) is 1. The van der Waals surface area contributed by atoms with Gasteiger partial charge < -0.3 is 20.1 Å². The van der Waals surface area contributed by atoms with Gasteiger partial charge in [0.2, 0.25) is 5.91 Å². The molecule has 1 aliphatic heterocycles. The predicted octanol–water partition coefficient (Wildman–Crippen LogP) is 4.55. The number of likely N-dealkylation sites (tertiary alicyclic amines) is 1. The van der Waals surface area contributed by atoms with Gasteiger partial charge in [0.1, 0.15) is 12.1 Å². The van der Waals surface area contributed by atoms with E-state index in [0.29, 0.717) is 45.1 Å². The lowest BCUT2D eigenvalue weighted by Crippen LogP contribution is -2.57. The van der Waals surface area contributed by atoms with E-state index in [0.717, 1.165) is 11.1 Å². The Hall–Kier alpha value is -3.35. The van der Waals surface area contributed by atoms with Gasteiger partial charge in [0.05, 0.1) is 0 Å². The van der Waals surface area contributed by atoms with Crippen LogP contribution < -0.4 is 5.32 Å². The maximum absolute atomic E-state index is 13.1. The number of carbonyl (C=O) groups is 3. The molecular weight excluding hydrogens is 444 g/mol. The molecule has 0 radical (unpaired) electrons. The van der Waals surface area contributed by atoms with Crippen LogP contribution in [0.25, 0.3) is 11.1 Å². The van der Waals surface area contributed by atoms with Crippen LogP contribution in [-0.4, -0.2) is 52.7 Å². The fraction of sp³-hybridized carbons (Fsp3) is 0.464. The topological polar surface area (TPSA) is 95.9 Å². The zero-order chi connectivity index (χ0) is 24.6. The number of carbonyl (C=O) groups excluding carboxylic acids is 2. The summed E-state index contributed by atoms with van der Waals surface area (Å²) < 4.78 is 5.61. The zero-order valence-corrected chi connectivity index (χ0v) is 20.0. The van der Waals surface area contributed by atoms with Gasteiger partial charge in [-0.3, -0.25) is 4.79 Å². The van der Waals surface area contributed by atoms with Gasteiger partial charge in [0.25, 0.3) is 0 Å². The van der Waals surface area contributed by atoms with E-state index in [1.165, 1.54) is 11.1 Å². The minimum absolute atomic E-state index is 0.00161. The van der Waals surface area contributed by atoms with Crippen molar-refractivity contribution >= 4 is 18.0 Å². The van der Waals surface area contributed by atoms with Crippen molar-refractivity contribution in [2.24, 2.45) is 5.92 Å². The van der Waals surface area contributed by atoms with E-state index in [-0.39, 0.29) is 30.4 Å². The first-order chi connectivity index (χ1) is 16.9. The molecule has 1 saturated carbocycles. The molecule has 2 N–H and O–H groups in total. The van der Waals surface area contributed by atoms with Crippen molar-refractivity contribution in [3.05, 3.63) is 59.7 Å². The summed E-state index contributed by atoms with van der Waals surface area (Å²) in [6.07, 6.45) is 2.97. The van der Waals surface area contributed by atoms with E-state index in [2.05, 4.69) is 29.6 Å². The third-order valence-corrected chi connectivity index (χ3v) is 7.97. The van der Waals surface area contributed by atoms with Crippen LogP contribution in [-0.2, 0) is 14.3 Å².